The summed E-state index contributed by atoms with van der Waals surface area (Å²) in [6, 6.07) is 10.2. The number of nitrogens with zero attached hydrogens (tertiary/aromatic N) is 2. The number of benzene rings is 1. The quantitative estimate of drug-likeness (QED) is 0.688. The summed E-state index contributed by atoms with van der Waals surface area (Å²) in [6.45, 7) is 2.38. The zero-order chi connectivity index (χ0) is 11.8. The van der Waals surface area contributed by atoms with Gasteiger partial charge < -0.3 is 4.74 Å². The van der Waals surface area contributed by atoms with Gasteiger partial charge in [-0.2, -0.15) is 5.26 Å². The van der Waals surface area contributed by atoms with Crippen molar-refractivity contribution in [1.29, 1.82) is 5.26 Å². The van der Waals surface area contributed by atoms with Crippen molar-refractivity contribution in [2.24, 2.45) is 0 Å². The molecule has 3 nitrogen and oxygen atoms in total. The van der Waals surface area contributed by atoms with Crippen molar-refractivity contribution >= 4 is 0 Å². The zero-order valence-corrected chi connectivity index (χ0v) is 9.40. The first kappa shape index (κ1) is 9.86. The SMILES string of the molecule is Cc1ncc2c(c1C#N)-c1ccccc1CO2. The number of hydrogen-bond acceptors (Lipinski definition) is 3. The van der Waals surface area contributed by atoms with Gasteiger partial charge in [0.15, 0.2) is 0 Å². The molecule has 1 aromatic carbocycles. The largest absolute Gasteiger partial charge is 0.487 e. The lowest BCUT2D eigenvalue weighted by Gasteiger charge is -2.21. The molecule has 0 saturated heterocycles. The molecule has 0 fully saturated rings. The smallest absolute Gasteiger partial charge is 0.147 e. The molecule has 0 bridgehead atoms. The average Bonchev–Trinajstić information content (AvgIpc) is 2.38. The summed E-state index contributed by atoms with van der Waals surface area (Å²) in [4.78, 5) is 4.19. The van der Waals surface area contributed by atoms with Gasteiger partial charge in [-0.15, -0.1) is 0 Å². The fourth-order valence-corrected chi connectivity index (χ4v) is 2.15. The summed E-state index contributed by atoms with van der Waals surface area (Å²) in [7, 11) is 0. The number of nitriles is 1. The van der Waals surface area contributed by atoms with Gasteiger partial charge in [-0.3, -0.25) is 4.98 Å². The molecule has 0 unspecified atom stereocenters. The van der Waals surface area contributed by atoms with E-state index in [0.29, 0.717) is 17.9 Å². The molecule has 0 radical (unpaired) electrons. The molecule has 0 N–H and O–H groups in total. The second-order valence-electron chi connectivity index (χ2n) is 4.02. The highest BCUT2D eigenvalue weighted by Crippen LogP contribution is 2.39. The second kappa shape index (κ2) is 3.60. The normalized spacial score (nSPS) is 12.0. The van der Waals surface area contributed by atoms with E-state index < -0.39 is 0 Å². The van der Waals surface area contributed by atoms with Crippen LogP contribution in [0.2, 0.25) is 0 Å². The van der Waals surface area contributed by atoms with Crippen molar-refractivity contribution in [3.63, 3.8) is 0 Å². The maximum atomic E-state index is 9.25. The summed E-state index contributed by atoms with van der Waals surface area (Å²) in [5.41, 5.74) is 4.42. The first-order valence-electron chi connectivity index (χ1n) is 5.42. The van der Waals surface area contributed by atoms with Crippen LogP contribution in [0.25, 0.3) is 11.1 Å². The van der Waals surface area contributed by atoms with Gasteiger partial charge in [0, 0.05) is 5.56 Å². The zero-order valence-electron chi connectivity index (χ0n) is 9.40. The van der Waals surface area contributed by atoms with Crippen molar-refractivity contribution < 1.29 is 4.74 Å². The standard InChI is InChI=1S/C14H10N2O/c1-9-12(6-15)14-11-5-3-2-4-10(11)8-17-13(14)7-16-9/h2-5,7H,8H2,1H3. The molecule has 3 rings (SSSR count). The Morgan fingerprint density at radius 3 is 3.00 bits per heavy atom. The van der Waals surface area contributed by atoms with Crippen LogP contribution in [0.1, 0.15) is 16.8 Å². The fourth-order valence-electron chi connectivity index (χ4n) is 2.15. The molecule has 1 aliphatic rings. The van der Waals surface area contributed by atoms with Crippen LogP contribution in [-0.2, 0) is 6.61 Å². The average molecular weight is 222 g/mol. The first-order valence-corrected chi connectivity index (χ1v) is 5.42. The monoisotopic (exact) mass is 222 g/mol. The fraction of sp³-hybridized carbons (Fsp3) is 0.143. The third-order valence-corrected chi connectivity index (χ3v) is 3.02. The molecule has 3 heteroatoms. The molecule has 0 atom stereocenters. The highest BCUT2D eigenvalue weighted by molar-refractivity contribution is 5.80. The van der Waals surface area contributed by atoms with Crippen LogP contribution in [0, 0.1) is 18.3 Å². The summed E-state index contributed by atoms with van der Waals surface area (Å²) >= 11 is 0. The molecular formula is C14H10N2O. The Bertz CT molecular complexity index is 641. The summed E-state index contributed by atoms with van der Waals surface area (Å²) < 4.78 is 5.63. The molecule has 2 heterocycles. The van der Waals surface area contributed by atoms with Crippen molar-refractivity contribution in [1.82, 2.24) is 4.98 Å². The van der Waals surface area contributed by atoms with Crippen LogP contribution >= 0.6 is 0 Å². The van der Waals surface area contributed by atoms with Gasteiger partial charge in [0.05, 0.1) is 17.5 Å². The minimum absolute atomic E-state index is 0.540. The Labute approximate surface area is 99.3 Å². The maximum absolute atomic E-state index is 9.25. The summed E-state index contributed by atoms with van der Waals surface area (Å²) in [5, 5.41) is 9.25. The van der Waals surface area contributed by atoms with Crippen molar-refractivity contribution in [2.45, 2.75) is 13.5 Å². The Balaban J connectivity index is 2.38. The highest BCUT2D eigenvalue weighted by Gasteiger charge is 2.21. The number of aryl methyl sites for hydroxylation is 1. The number of pyridine rings is 1. The van der Waals surface area contributed by atoms with Gasteiger partial charge in [0.2, 0.25) is 0 Å². The number of ether oxygens (including phenoxy) is 1. The number of fused-ring (bicyclic) bond motifs is 3. The van der Waals surface area contributed by atoms with Gasteiger partial charge in [-0.05, 0) is 18.1 Å². The molecule has 1 aromatic heterocycles. The van der Waals surface area contributed by atoms with Crippen molar-refractivity contribution in [3.05, 3.63) is 47.3 Å². The molecule has 82 valence electrons. The molecule has 2 aromatic rings. The van der Waals surface area contributed by atoms with Crippen LogP contribution in [0.3, 0.4) is 0 Å². The summed E-state index contributed by atoms with van der Waals surface area (Å²) in [5.74, 6) is 0.700. The lowest BCUT2D eigenvalue weighted by molar-refractivity contribution is 0.301. The number of aromatic nitrogens is 1. The summed E-state index contributed by atoms with van der Waals surface area (Å²) in [6.07, 6.45) is 1.70. The lowest BCUT2D eigenvalue weighted by Crippen LogP contribution is -2.08. The minimum atomic E-state index is 0.540. The van der Waals surface area contributed by atoms with Gasteiger partial charge in [-0.1, -0.05) is 24.3 Å². The Morgan fingerprint density at radius 1 is 1.35 bits per heavy atom. The third-order valence-electron chi connectivity index (χ3n) is 3.02. The van der Waals surface area contributed by atoms with E-state index in [1.807, 2.05) is 31.2 Å². The third kappa shape index (κ3) is 1.38. The topological polar surface area (TPSA) is 45.9 Å². The van der Waals surface area contributed by atoms with Gasteiger partial charge in [-0.25, -0.2) is 0 Å². The van der Waals surface area contributed by atoms with Crippen LogP contribution in [-0.4, -0.2) is 4.98 Å². The van der Waals surface area contributed by atoms with E-state index >= 15 is 0 Å². The predicted molar refractivity (Wildman–Crippen MR) is 63.5 cm³/mol. The molecule has 0 saturated carbocycles. The van der Waals surface area contributed by atoms with Crippen LogP contribution in [0.4, 0.5) is 0 Å². The molecule has 0 amide bonds. The first-order chi connectivity index (χ1) is 8.31. The van der Waals surface area contributed by atoms with Crippen LogP contribution < -0.4 is 4.74 Å². The number of hydrogen-bond donors (Lipinski definition) is 0. The van der Waals surface area contributed by atoms with E-state index in [-0.39, 0.29) is 0 Å². The Morgan fingerprint density at radius 2 is 2.18 bits per heavy atom. The molecule has 0 aliphatic carbocycles. The van der Waals surface area contributed by atoms with E-state index in [1.165, 1.54) is 0 Å². The van der Waals surface area contributed by atoms with Crippen molar-refractivity contribution in [3.8, 4) is 22.9 Å². The molecular weight excluding hydrogens is 212 g/mol. The molecule has 1 aliphatic heterocycles. The maximum Gasteiger partial charge on any atom is 0.147 e. The Kier molecular flexibility index (Phi) is 2.09. The van der Waals surface area contributed by atoms with Crippen LogP contribution in [0.15, 0.2) is 30.5 Å². The van der Waals surface area contributed by atoms with E-state index in [0.717, 1.165) is 22.4 Å². The van der Waals surface area contributed by atoms with E-state index in [2.05, 4.69) is 11.1 Å². The lowest BCUT2D eigenvalue weighted by atomic mass is 9.93. The second-order valence-corrected chi connectivity index (χ2v) is 4.02. The minimum Gasteiger partial charge on any atom is -0.487 e. The van der Waals surface area contributed by atoms with Crippen molar-refractivity contribution in [2.75, 3.05) is 0 Å². The number of rotatable bonds is 0. The van der Waals surface area contributed by atoms with Crippen LogP contribution in [0.5, 0.6) is 5.75 Å². The predicted octanol–water partition coefficient (Wildman–Crippen LogP) is 2.82. The molecule has 0 spiro atoms. The molecule has 17 heavy (non-hydrogen) atoms. The van der Waals surface area contributed by atoms with E-state index in [1.54, 1.807) is 6.20 Å². The van der Waals surface area contributed by atoms with Gasteiger partial charge in [0.1, 0.15) is 18.4 Å². The van der Waals surface area contributed by atoms with Gasteiger partial charge >= 0.3 is 0 Å². The highest BCUT2D eigenvalue weighted by atomic mass is 16.5. The van der Waals surface area contributed by atoms with E-state index in [4.69, 9.17) is 4.74 Å². The van der Waals surface area contributed by atoms with E-state index in [9.17, 15) is 5.26 Å². The van der Waals surface area contributed by atoms with Gasteiger partial charge in [0.25, 0.3) is 0 Å². The Hall–Kier alpha value is -2.34.